The lowest BCUT2D eigenvalue weighted by Gasteiger charge is -2.17. The van der Waals surface area contributed by atoms with Gasteiger partial charge in [0.05, 0.1) is 0 Å². The van der Waals surface area contributed by atoms with Crippen LogP contribution < -0.4 is 9.47 Å². The molecule has 0 atom stereocenters. The van der Waals surface area contributed by atoms with E-state index in [-0.39, 0.29) is 0 Å². The fraction of sp³-hybridized carbons (Fsp3) is 0.182. The van der Waals surface area contributed by atoms with Crippen LogP contribution in [-0.2, 0) is 4.79 Å². The molecule has 1 heterocycles. The van der Waals surface area contributed by atoms with Crippen LogP contribution in [0.5, 0.6) is 11.5 Å². The summed E-state index contributed by atoms with van der Waals surface area (Å²) in [7, 11) is 0. The Morgan fingerprint density at radius 1 is 1.21 bits per heavy atom. The van der Waals surface area contributed by atoms with Crippen molar-refractivity contribution in [1.82, 2.24) is 0 Å². The summed E-state index contributed by atoms with van der Waals surface area (Å²) in [6, 6.07) is 5.36. The highest BCUT2D eigenvalue weighted by atomic mass is 16.6. The third kappa shape index (κ3) is 1.69. The van der Waals surface area contributed by atoms with Gasteiger partial charge in [0.1, 0.15) is 13.2 Å². The first-order chi connectivity index (χ1) is 6.90. The van der Waals surface area contributed by atoms with E-state index in [1.54, 1.807) is 18.2 Å². The van der Waals surface area contributed by atoms with Crippen LogP contribution in [0.1, 0.15) is 5.56 Å². The number of fused-ring (bicyclic) bond motifs is 1. The van der Waals surface area contributed by atoms with Gasteiger partial charge in [0.15, 0.2) is 17.8 Å². The molecule has 1 aliphatic heterocycles. The molecule has 1 aliphatic rings. The summed E-state index contributed by atoms with van der Waals surface area (Å²) in [6.07, 6.45) is 0.566. The maximum absolute atomic E-state index is 10.0. The van der Waals surface area contributed by atoms with Gasteiger partial charge < -0.3 is 9.47 Å². The smallest absolute Gasteiger partial charge is 0.193 e. The maximum atomic E-state index is 10.0. The molecular weight excluding hydrogens is 180 g/mol. The van der Waals surface area contributed by atoms with E-state index < -0.39 is 0 Å². The summed E-state index contributed by atoms with van der Waals surface area (Å²) in [5, 5.41) is 0. The van der Waals surface area contributed by atoms with Crippen molar-refractivity contribution in [1.29, 1.82) is 0 Å². The van der Waals surface area contributed by atoms with Crippen LogP contribution in [0.3, 0.4) is 0 Å². The van der Waals surface area contributed by atoms with Gasteiger partial charge in [-0.25, -0.2) is 0 Å². The van der Waals surface area contributed by atoms with Crippen molar-refractivity contribution in [3.05, 3.63) is 23.8 Å². The minimum Gasteiger partial charge on any atom is -0.486 e. The summed E-state index contributed by atoms with van der Waals surface area (Å²) in [5.41, 5.74) is 0.751. The second-order valence-electron chi connectivity index (χ2n) is 2.75. The second-order valence-corrected chi connectivity index (χ2v) is 2.75. The van der Waals surface area contributed by atoms with Crippen LogP contribution >= 0.6 is 0 Å². The number of benzene rings is 1. The summed E-state index contributed by atoms with van der Waals surface area (Å²) >= 11 is 0. The van der Waals surface area contributed by atoms with E-state index in [1.807, 2.05) is 0 Å². The van der Waals surface area contributed by atoms with Gasteiger partial charge in [-0.05, 0) is 24.1 Å². The van der Waals surface area contributed by atoms with Crippen molar-refractivity contribution in [2.24, 2.45) is 0 Å². The highest BCUT2D eigenvalue weighted by molar-refractivity contribution is 5.74. The standard InChI is InChI=1S/C11H8O3/c12-5-1-2-9-3-4-10-11(8-9)14-7-6-13-10/h3-5,8H,6-7H2. The van der Waals surface area contributed by atoms with Crippen molar-refractivity contribution in [2.75, 3.05) is 13.2 Å². The normalized spacial score (nSPS) is 12.6. The summed E-state index contributed by atoms with van der Waals surface area (Å²) < 4.78 is 10.7. The predicted octanol–water partition coefficient (Wildman–Crippen LogP) is 1.01. The molecule has 3 heteroatoms. The topological polar surface area (TPSA) is 35.5 Å². The maximum Gasteiger partial charge on any atom is 0.193 e. The second kappa shape index (κ2) is 3.84. The summed E-state index contributed by atoms with van der Waals surface area (Å²) in [6.45, 7) is 1.13. The van der Waals surface area contributed by atoms with Gasteiger partial charge in [0.2, 0.25) is 0 Å². The zero-order valence-corrected chi connectivity index (χ0v) is 7.45. The predicted molar refractivity (Wildman–Crippen MR) is 50.4 cm³/mol. The number of aldehydes is 1. The van der Waals surface area contributed by atoms with Gasteiger partial charge >= 0.3 is 0 Å². The highest BCUT2D eigenvalue weighted by Gasteiger charge is 2.10. The third-order valence-electron chi connectivity index (χ3n) is 1.82. The molecule has 1 aromatic carbocycles. The van der Waals surface area contributed by atoms with Gasteiger partial charge in [0, 0.05) is 5.56 Å². The van der Waals surface area contributed by atoms with Gasteiger partial charge in [-0.3, -0.25) is 4.79 Å². The minimum atomic E-state index is 0.553. The molecule has 2 rings (SSSR count). The molecule has 70 valence electrons. The number of carbonyl (C=O) groups is 1. The van der Waals surface area contributed by atoms with E-state index in [2.05, 4.69) is 11.8 Å². The van der Waals surface area contributed by atoms with E-state index in [0.29, 0.717) is 25.2 Å². The molecule has 0 aromatic heterocycles. The Balaban J connectivity index is 2.33. The van der Waals surface area contributed by atoms with Crippen LogP contribution in [-0.4, -0.2) is 19.5 Å². The molecule has 0 saturated carbocycles. The Hall–Kier alpha value is -1.95. The molecule has 14 heavy (non-hydrogen) atoms. The zero-order valence-electron chi connectivity index (χ0n) is 7.45. The van der Waals surface area contributed by atoms with Gasteiger partial charge in [-0.15, -0.1) is 0 Å². The lowest BCUT2D eigenvalue weighted by Crippen LogP contribution is -2.15. The van der Waals surface area contributed by atoms with Crippen LogP contribution in [0.25, 0.3) is 0 Å². The van der Waals surface area contributed by atoms with Crippen LogP contribution in [0.2, 0.25) is 0 Å². The SMILES string of the molecule is O=CC#Cc1ccc2c(c1)OCCO2. The van der Waals surface area contributed by atoms with Crippen molar-refractivity contribution < 1.29 is 14.3 Å². The third-order valence-corrected chi connectivity index (χ3v) is 1.82. The Labute approximate surface area is 81.6 Å². The monoisotopic (exact) mass is 188 g/mol. The molecule has 0 aliphatic carbocycles. The summed E-state index contributed by atoms with van der Waals surface area (Å²) in [4.78, 5) is 10.0. The molecule has 3 nitrogen and oxygen atoms in total. The number of hydrogen-bond acceptors (Lipinski definition) is 3. The molecule has 0 bridgehead atoms. The first kappa shape index (κ1) is 8.64. The molecule has 0 amide bonds. The number of carbonyl (C=O) groups excluding carboxylic acids is 1. The molecule has 0 radical (unpaired) electrons. The quantitative estimate of drug-likeness (QED) is 0.450. The van der Waals surface area contributed by atoms with E-state index >= 15 is 0 Å². The minimum absolute atomic E-state index is 0.553. The largest absolute Gasteiger partial charge is 0.486 e. The van der Waals surface area contributed by atoms with Gasteiger partial charge in [-0.2, -0.15) is 0 Å². The first-order valence-electron chi connectivity index (χ1n) is 4.25. The summed E-state index contributed by atoms with van der Waals surface area (Å²) in [5.74, 6) is 6.45. The number of rotatable bonds is 0. The number of ether oxygens (including phenoxy) is 2. The molecule has 0 spiro atoms. The Bertz CT molecular complexity index is 412. The fourth-order valence-electron chi connectivity index (χ4n) is 1.23. The van der Waals surface area contributed by atoms with Gasteiger partial charge in [-0.1, -0.05) is 5.92 Å². The highest BCUT2D eigenvalue weighted by Crippen LogP contribution is 2.30. The average Bonchev–Trinajstić information content (AvgIpc) is 2.26. The van der Waals surface area contributed by atoms with Crippen molar-refractivity contribution in [3.63, 3.8) is 0 Å². The lowest BCUT2D eigenvalue weighted by atomic mass is 10.2. The Morgan fingerprint density at radius 2 is 2.00 bits per heavy atom. The van der Waals surface area contributed by atoms with E-state index in [4.69, 9.17) is 9.47 Å². The van der Waals surface area contributed by atoms with Crippen LogP contribution in [0, 0.1) is 11.8 Å². The van der Waals surface area contributed by atoms with Crippen LogP contribution in [0.4, 0.5) is 0 Å². The first-order valence-corrected chi connectivity index (χ1v) is 4.25. The molecule has 0 fully saturated rings. The Kier molecular flexibility index (Phi) is 2.37. The fourth-order valence-corrected chi connectivity index (χ4v) is 1.23. The average molecular weight is 188 g/mol. The molecule has 0 N–H and O–H groups in total. The van der Waals surface area contributed by atoms with E-state index in [9.17, 15) is 4.79 Å². The molecule has 0 saturated heterocycles. The zero-order chi connectivity index (χ0) is 9.80. The van der Waals surface area contributed by atoms with Gasteiger partial charge in [0.25, 0.3) is 0 Å². The van der Waals surface area contributed by atoms with E-state index in [1.165, 1.54) is 0 Å². The van der Waals surface area contributed by atoms with Crippen molar-refractivity contribution in [3.8, 4) is 23.3 Å². The lowest BCUT2D eigenvalue weighted by molar-refractivity contribution is -0.103. The molecular formula is C11H8O3. The van der Waals surface area contributed by atoms with Crippen LogP contribution in [0.15, 0.2) is 18.2 Å². The Morgan fingerprint density at radius 3 is 2.79 bits per heavy atom. The molecule has 1 aromatic rings. The van der Waals surface area contributed by atoms with Crippen molar-refractivity contribution >= 4 is 6.29 Å². The van der Waals surface area contributed by atoms with E-state index in [0.717, 1.165) is 11.3 Å². The van der Waals surface area contributed by atoms with Crippen molar-refractivity contribution in [2.45, 2.75) is 0 Å². The molecule has 0 unspecified atom stereocenters. The number of hydrogen-bond donors (Lipinski definition) is 0.